The second-order valence-corrected chi connectivity index (χ2v) is 7.07. The number of para-hydroxylation sites is 2. The van der Waals surface area contributed by atoms with Gasteiger partial charge in [-0.3, -0.25) is 9.63 Å². The quantitative estimate of drug-likeness (QED) is 0.582. The standard InChI is InChI=1S/C20H25N3O3S/c1-21-26-20(27-3)15-7-6-8-16(13-15)22(2)19(24)14-23-11-12-25-18-10-5-4-9-17(18)23/h4-10,13,20-21H,11-12,14H2,1-3H3. The van der Waals surface area contributed by atoms with Gasteiger partial charge in [0, 0.05) is 19.8 Å². The number of hydroxylamine groups is 1. The molecule has 0 fully saturated rings. The highest BCUT2D eigenvalue weighted by Crippen LogP contribution is 2.32. The van der Waals surface area contributed by atoms with Gasteiger partial charge in [0.05, 0.1) is 18.8 Å². The molecule has 1 unspecified atom stereocenters. The minimum absolute atomic E-state index is 0.0269. The molecule has 2 aromatic carbocycles. The van der Waals surface area contributed by atoms with Crippen LogP contribution in [0, 0.1) is 0 Å². The Hall–Kier alpha value is -2.22. The lowest BCUT2D eigenvalue weighted by Gasteiger charge is -2.32. The van der Waals surface area contributed by atoms with E-state index in [9.17, 15) is 4.79 Å². The SMILES string of the molecule is CNOC(SC)c1cccc(N(C)C(=O)CN2CCOc3ccccc32)c1. The van der Waals surface area contributed by atoms with Gasteiger partial charge in [0.1, 0.15) is 17.8 Å². The molecular formula is C20H25N3O3S. The molecule has 1 aliphatic rings. The Morgan fingerprint density at radius 2 is 2.15 bits per heavy atom. The number of likely N-dealkylation sites (N-methyl/N-ethyl adjacent to an activating group) is 1. The van der Waals surface area contributed by atoms with E-state index in [1.807, 2.05) is 54.8 Å². The molecule has 3 rings (SSSR count). The molecule has 0 aliphatic carbocycles. The molecule has 7 heteroatoms. The zero-order chi connectivity index (χ0) is 19.2. The largest absolute Gasteiger partial charge is 0.490 e. The molecule has 1 aliphatic heterocycles. The summed E-state index contributed by atoms with van der Waals surface area (Å²) in [6, 6.07) is 15.7. The second kappa shape index (κ2) is 9.12. The van der Waals surface area contributed by atoms with Crippen LogP contribution in [0.1, 0.15) is 11.0 Å². The van der Waals surface area contributed by atoms with Crippen molar-refractivity contribution in [2.75, 3.05) is 49.8 Å². The number of anilines is 2. The van der Waals surface area contributed by atoms with Crippen LogP contribution in [0.3, 0.4) is 0 Å². The maximum absolute atomic E-state index is 12.9. The van der Waals surface area contributed by atoms with Crippen LogP contribution in [0.25, 0.3) is 0 Å². The van der Waals surface area contributed by atoms with Gasteiger partial charge in [0.15, 0.2) is 0 Å². The average molecular weight is 388 g/mol. The van der Waals surface area contributed by atoms with Gasteiger partial charge in [-0.15, -0.1) is 11.8 Å². The van der Waals surface area contributed by atoms with Gasteiger partial charge >= 0.3 is 0 Å². The summed E-state index contributed by atoms with van der Waals surface area (Å²) in [5, 5.41) is 0. The highest BCUT2D eigenvalue weighted by molar-refractivity contribution is 7.98. The van der Waals surface area contributed by atoms with E-state index in [0.29, 0.717) is 19.7 Å². The van der Waals surface area contributed by atoms with E-state index in [1.165, 1.54) is 0 Å². The Morgan fingerprint density at radius 3 is 2.93 bits per heavy atom. The molecule has 1 N–H and O–H groups in total. The molecule has 0 spiro atoms. The molecule has 0 bridgehead atoms. The van der Waals surface area contributed by atoms with E-state index < -0.39 is 0 Å². The maximum Gasteiger partial charge on any atom is 0.246 e. The molecule has 144 valence electrons. The number of carbonyl (C=O) groups excluding carboxylic acids is 1. The minimum Gasteiger partial charge on any atom is -0.490 e. The average Bonchev–Trinajstić information content (AvgIpc) is 2.71. The number of benzene rings is 2. The molecule has 0 saturated carbocycles. The fourth-order valence-electron chi connectivity index (χ4n) is 3.04. The van der Waals surface area contributed by atoms with Gasteiger partial charge in [0.25, 0.3) is 0 Å². The summed E-state index contributed by atoms with van der Waals surface area (Å²) in [5.74, 6) is 0.854. The van der Waals surface area contributed by atoms with Crippen molar-refractivity contribution in [3.05, 3.63) is 54.1 Å². The van der Waals surface area contributed by atoms with Crippen molar-refractivity contribution < 1.29 is 14.4 Å². The van der Waals surface area contributed by atoms with Crippen molar-refractivity contribution in [2.24, 2.45) is 0 Å². The highest BCUT2D eigenvalue weighted by atomic mass is 32.2. The Labute approximate surface area is 164 Å². The van der Waals surface area contributed by atoms with Crippen LogP contribution in [-0.2, 0) is 9.63 Å². The maximum atomic E-state index is 12.9. The highest BCUT2D eigenvalue weighted by Gasteiger charge is 2.22. The molecule has 1 heterocycles. The first-order chi connectivity index (χ1) is 13.1. The van der Waals surface area contributed by atoms with Crippen molar-refractivity contribution in [1.82, 2.24) is 5.48 Å². The Bertz CT molecular complexity index is 787. The lowest BCUT2D eigenvalue weighted by atomic mass is 10.2. The number of nitrogens with zero attached hydrogens (tertiary/aromatic N) is 2. The molecule has 1 atom stereocenters. The van der Waals surface area contributed by atoms with E-state index in [4.69, 9.17) is 9.57 Å². The van der Waals surface area contributed by atoms with Crippen molar-refractivity contribution in [1.29, 1.82) is 0 Å². The first-order valence-electron chi connectivity index (χ1n) is 8.82. The zero-order valence-corrected chi connectivity index (χ0v) is 16.7. The van der Waals surface area contributed by atoms with E-state index in [0.717, 1.165) is 22.7 Å². The number of thioether (sulfide) groups is 1. The third kappa shape index (κ3) is 4.55. The smallest absolute Gasteiger partial charge is 0.246 e. The fourth-order valence-corrected chi connectivity index (χ4v) is 3.65. The van der Waals surface area contributed by atoms with Crippen LogP contribution < -0.4 is 20.0 Å². The van der Waals surface area contributed by atoms with Gasteiger partial charge in [-0.2, -0.15) is 0 Å². The van der Waals surface area contributed by atoms with E-state index >= 15 is 0 Å². The topological polar surface area (TPSA) is 54.0 Å². The first kappa shape index (κ1) is 19.5. The normalized spacial score (nSPS) is 14.3. The monoisotopic (exact) mass is 387 g/mol. The van der Waals surface area contributed by atoms with Crippen molar-refractivity contribution in [3.63, 3.8) is 0 Å². The van der Waals surface area contributed by atoms with Crippen LogP contribution >= 0.6 is 11.8 Å². The van der Waals surface area contributed by atoms with Crippen molar-refractivity contribution in [3.8, 4) is 5.75 Å². The lowest BCUT2D eigenvalue weighted by molar-refractivity contribution is -0.117. The molecule has 27 heavy (non-hydrogen) atoms. The zero-order valence-electron chi connectivity index (χ0n) is 15.8. The Balaban J connectivity index is 1.73. The van der Waals surface area contributed by atoms with Gasteiger partial charge in [-0.05, 0) is 36.1 Å². The van der Waals surface area contributed by atoms with Crippen molar-refractivity contribution in [2.45, 2.75) is 5.44 Å². The molecule has 2 aromatic rings. The minimum atomic E-state index is -0.135. The summed E-state index contributed by atoms with van der Waals surface area (Å²) in [6.45, 7) is 1.58. The lowest BCUT2D eigenvalue weighted by Crippen LogP contribution is -2.42. The van der Waals surface area contributed by atoms with E-state index in [1.54, 1.807) is 30.8 Å². The summed E-state index contributed by atoms with van der Waals surface area (Å²) < 4.78 is 5.67. The number of rotatable bonds is 7. The Kier molecular flexibility index (Phi) is 6.60. The number of nitrogens with one attached hydrogen (secondary N) is 1. The fraction of sp³-hybridized carbons (Fsp3) is 0.350. The summed E-state index contributed by atoms with van der Waals surface area (Å²) in [4.78, 5) is 22.2. The molecule has 0 radical (unpaired) electrons. The number of hydrogen-bond donors (Lipinski definition) is 1. The van der Waals surface area contributed by atoms with Gasteiger partial charge < -0.3 is 14.5 Å². The number of carbonyl (C=O) groups is 1. The molecule has 1 amide bonds. The van der Waals surface area contributed by atoms with Crippen LogP contribution in [0.2, 0.25) is 0 Å². The van der Waals surface area contributed by atoms with Crippen LogP contribution in [0.5, 0.6) is 5.75 Å². The molecular weight excluding hydrogens is 362 g/mol. The van der Waals surface area contributed by atoms with Gasteiger partial charge in [0.2, 0.25) is 5.91 Å². The van der Waals surface area contributed by atoms with E-state index in [2.05, 4.69) is 10.4 Å². The molecule has 0 aromatic heterocycles. The van der Waals surface area contributed by atoms with Gasteiger partial charge in [-0.25, -0.2) is 5.48 Å². The summed E-state index contributed by atoms with van der Waals surface area (Å²) in [6.07, 6.45) is 1.99. The third-order valence-corrected chi connectivity index (χ3v) is 5.29. The van der Waals surface area contributed by atoms with Crippen LogP contribution in [-0.4, -0.2) is 46.0 Å². The Morgan fingerprint density at radius 1 is 1.33 bits per heavy atom. The summed E-state index contributed by atoms with van der Waals surface area (Å²) in [5.41, 5.74) is 5.41. The summed E-state index contributed by atoms with van der Waals surface area (Å²) in [7, 11) is 3.55. The summed E-state index contributed by atoms with van der Waals surface area (Å²) >= 11 is 1.59. The molecule has 6 nitrogen and oxygen atoms in total. The number of amides is 1. The third-order valence-electron chi connectivity index (χ3n) is 4.49. The van der Waals surface area contributed by atoms with Gasteiger partial charge in [-0.1, -0.05) is 24.3 Å². The van der Waals surface area contributed by atoms with E-state index in [-0.39, 0.29) is 11.3 Å². The first-order valence-corrected chi connectivity index (χ1v) is 10.1. The number of hydrogen-bond acceptors (Lipinski definition) is 6. The van der Waals surface area contributed by atoms with Crippen LogP contribution in [0.4, 0.5) is 11.4 Å². The van der Waals surface area contributed by atoms with Crippen LogP contribution in [0.15, 0.2) is 48.5 Å². The van der Waals surface area contributed by atoms with Crippen molar-refractivity contribution >= 4 is 29.0 Å². The molecule has 0 saturated heterocycles. The second-order valence-electron chi connectivity index (χ2n) is 6.18. The predicted molar refractivity (Wildman–Crippen MR) is 110 cm³/mol. The number of fused-ring (bicyclic) bond motifs is 1. The number of ether oxygens (including phenoxy) is 1. The predicted octanol–water partition coefficient (Wildman–Crippen LogP) is 3.06.